The number of aromatic nitrogens is 2. The van der Waals surface area contributed by atoms with Crippen molar-refractivity contribution < 1.29 is 9.59 Å². The molecule has 2 heterocycles. The van der Waals surface area contributed by atoms with E-state index in [9.17, 15) is 9.59 Å². The molecule has 0 fully saturated rings. The Morgan fingerprint density at radius 3 is 2.45 bits per heavy atom. The first-order valence-corrected chi connectivity index (χ1v) is 10.6. The second kappa shape index (κ2) is 14.3. The van der Waals surface area contributed by atoms with Gasteiger partial charge in [-0.15, -0.1) is 11.3 Å². The molecular weight excluding hydrogens is 404 g/mol. The molecule has 6 nitrogen and oxygen atoms in total. The average Bonchev–Trinajstić information content (AvgIpc) is 3.28. The van der Waals surface area contributed by atoms with E-state index in [-0.39, 0.29) is 11.8 Å². The Balaban J connectivity index is 0.000000299. The lowest BCUT2D eigenvalue weighted by Crippen LogP contribution is -2.23. The summed E-state index contributed by atoms with van der Waals surface area (Å²) >= 11 is 5.86. The van der Waals surface area contributed by atoms with E-state index >= 15 is 0 Å². The van der Waals surface area contributed by atoms with Gasteiger partial charge in [-0.2, -0.15) is 12.6 Å². The smallest absolute Gasteiger partial charge is 0.251 e. The second-order valence-electron chi connectivity index (χ2n) is 5.35. The van der Waals surface area contributed by atoms with Crippen LogP contribution in [0.5, 0.6) is 0 Å². The number of amides is 2. The van der Waals surface area contributed by atoms with Crippen LogP contribution in [0.15, 0.2) is 60.4 Å². The Hall–Kier alpha value is -2.71. The summed E-state index contributed by atoms with van der Waals surface area (Å²) < 4.78 is 0. The largest absolute Gasteiger partial charge is 0.347 e. The summed E-state index contributed by atoms with van der Waals surface area (Å²) in [5.41, 5.74) is 1.67. The van der Waals surface area contributed by atoms with Gasteiger partial charge in [0, 0.05) is 35.5 Å². The number of anilines is 1. The summed E-state index contributed by atoms with van der Waals surface area (Å²) in [7, 11) is 0. The summed E-state index contributed by atoms with van der Waals surface area (Å²) in [6, 6.07) is 11.5. The molecule has 3 rings (SSSR count). The van der Waals surface area contributed by atoms with Gasteiger partial charge in [0.05, 0.1) is 12.7 Å². The zero-order valence-electron chi connectivity index (χ0n) is 16.8. The predicted octanol–water partition coefficient (Wildman–Crippen LogP) is 4.57. The lowest BCUT2D eigenvalue weighted by Gasteiger charge is -2.07. The Labute approximate surface area is 181 Å². The summed E-state index contributed by atoms with van der Waals surface area (Å²) in [5.74, 6) is 0.876. The van der Waals surface area contributed by atoms with Crippen molar-refractivity contribution in [3.05, 3.63) is 76.4 Å². The lowest BCUT2D eigenvalue weighted by molar-refractivity contribution is -0.114. The topological polar surface area (TPSA) is 84.0 Å². The maximum atomic E-state index is 12.0. The first-order valence-electron chi connectivity index (χ1n) is 9.13. The highest BCUT2D eigenvalue weighted by Crippen LogP contribution is 2.12. The van der Waals surface area contributed by atoms with Gasteiger partial charge in [0.1, 0.15) is 0 Å². The molecule has 29 heavy (non-hydrogen) atoms. The van der Waals surface area contributed by atoms with Gasteiger partial charge in [0.15, 0.2) is 5.82 Å². The SMILES string of the molecule is CC.CC(=O)Nc1cnccn1.O=C(NCc1cccs1)c1ccccc1CS. The second-order valence-corrected chi connectivity index (χ2v) is 6.70. The van der Waals surface area contributed by atoms with E-state index in [1.165, 1.54) is 19.3 Å². The van der Waals surface area contributed by atoms with Gasteiger partial charge in [-0.1, -0.05) is 38.1 Å². The number of hydrogen-bond donors (Lipinski definition) is 3. The predicted molar refractivity (Wildman–Crippen MR) is 122 cm³/mol. The van der Waals surface area contributed by atoms with Gasteiger partial charge in [0.2, 0.25) is 5.91 Å². The number of thiophene rings is 1. The van der Waals surface area contributed by atoms with Crippen molar-refractivity contribution >= 4 is 41.6 Å². The minimum absolute atomic E-state index is 0.0388. The molecule has 0 unspecified atom stereocenters. The van der Waals surface area contributed by atoms with E-state index < -0.39 is 0 Å². The monoisotopic (exact) mass is 430 g/mol. The van der Waals surface area contributed by atoms with Crippen molar-refractivity contribution in [3.8, 4) is 0 Å². The normalized spacial score (nSPS) is 9.24. The number of rotatable bonds is 5. The summed E-state index contributed by atoms with van der Waals surface area (Å²) in [4.78, 5) is 31.2. The third-order valence-corrected chi connectivity index (χ3v) is 4.52. The van der Waals surface area contributed by atoms with Crippen molar-refractivity contribution in [2.24, 2.45) is 0 Å². The first-order chi connectivity index (χ1) is 14.1. The molecule has 3 aromatic rings. The van der Waals surface area contributed by atoms with Crippen molar-refractivity contribution in [1.29, 1.82) is 0 Å². The first kappa shape index (κ1) is 24.3. The molecule has 1 aromatic carbocycles. The maximum absolute atomic E-state index is 12.0. The number of thiol groups is 1. The zero-order valence-corrected chi connectivity index (χ0v) is 18.5. The Kier molecular flexibility index (Phi) is 12.0. The van der Waals surface area contributed by atoms with Crippen molar-refractivity contribution in [1.82, 2.24) is 15.3 Å². The van der Waals surface area contributed by atoms with Gasteiger partial charge in [-0.05, 0) is 23.1 Å². The molecule has 8 heteroatoms. The van der Waals surface area contributed by atoms with E-state index in [4.69, 9.17) is 0 Å². The van der Waals surface area contributed by atoms with Gasteiger partial charge >= 0.3 is 0 Å². The third-order valence-electron chi connectivity index (χ3n) is 3.30. The average molecular weight is 431 g/mol. The highest BCUT2D eigenvalue weighted by atomic mass is 32.1. The van der Waals surface area contributed by atoms with Gasteiger partial charge in [-0.3, -0.25) is 14.6 Å². The zero-order chi connectivity index (χ0) is 21.5. The van der Waals surface area contributed by atoms with Gasteiger partial charge in [0.25, 0.3) is 5.91 Å². The number of carbonyl (C=O) groups is 2. The standard InChI is InChI=1S/C13H13NOS2.C6H7N3O.C2H6/c15-13(14-8-11-5-3-7-17-11)12-6-2-1-4-10(12)9-16;1-5(10)9-6-4-7-2-3-8-6;1-2/h1-7,16H,8-9H2,(H,14,15);2-4H,1H3,(H,8,9,10);1-2H3. The summed E-state index contributed by atoms with van der Waals surface area (Å²) in [6.07, 6.45) is 4.55. The molecule has 2 aromatic heterocycles. The molecule has 2 amide bonds. The van der Waals surface area contributed by atoms with Gasteiger partial charge in [-0.25, -0.2) is 4.98 Å². The Morgan fingerprint density at radius 1 is 1.10 bits per heavy atom. The fourth-order valence-corrected chi connectivity index (χ4v) is 3.02. The quantitative estimate of drug-likeness (QED) is 0.518. The number of hydrogen-bond acceptors (Lipinski definition) is 6. The van der Waals surface area contributed by atoms with Crippen LogP contribution in [0.1, 0.15) is 41.6 Å². The van der Waals surface area contributed by atoms with Crippen LogP contribution in [0.2, 0.25) is 0 Å². The summed E-state index contributed by atoms with van der Waals surface area (Å²) in [5, 5.41) is 7.41. The minimum Gasteiger partial charge on any atom is -0.347 e. The third kappa shape index (κ3) is 9.36. The van der Waals surface area contributed by atoms with Crippen LogP contribution >= 0.6 is 24.0 Å². The maximum Gasteiger partial charge on any atom is 0.251 e. The highest BCUT2D eigenvalue weighted by Gasteiger charge is 2.09. The van der Waals surface area contributed by atoms with E-state index in [1.54, 1.807) is 17.5 Å². The fraction of sp³-hybridized carbons (Fsp3) is 0.238. The molecule has 0 saturated carbocycles. The van der Waals surface area contributed by atoms with Gasteiger partial charge < -0.3 is 10.6 Å². The van der Waals surface area contributed by atoms with E-state index in [0.29, 0.717) is 23.7 Å². The molecule has 2 N–H and O–H groups in total. The van der Waals surface area contributed by atoms with Crippen LogP contribution in [0.4, 0.5) is 5.82 Å². The molecule has 0 aliphatic heterocycles. The van der Waals surface area contributed by atoms with Crippen molar-refractivity contribution in [2.45, 2.75) is 33.1 Å². The highest BCUT2D eigenvalue weighted by molar-refractivity contribution is 7.79. The molecular formula is C21H26N4O2S2. The lowest BCUT2D eigenvalue weighted by atomic mass is 10.1. The van der Waals surface area contributed by atoms with Crippen LogP contribution in [0.3, 0.4) is 0 Å². The number of benzene rings is 1. The molecule has 0 atom stereocenters. The number of nitrogens with zero attached hydrogens (tertiary/aromatic N) is 2. The minimum atomic E-state index is -0.138. The molecule has 0 aliphatic rings. The molecule has 0 saturated heterocycles. The van der Waals surface area contributed by atoms with Crippen molar-refractivity contribution in [2.75, 3.05) is 5.32 Å². The number of nitrogens with one attached hydrogen (secondary N) is 2. The number of carbonyl (C=O) groups excluding carboxylic acids is 2. The fourth-order valence-electron chi connectivity index (χ4n) is 2.10. The molecule has 0 radical (unpaired) electrons. The molecule has 0 bridgehead atoms. The molecule has 0 aliphatic carbocycles. The van der Waals surface area contributed by atoms with E-state index in [2.05, 4.69) is 33.2 Å². The van der Waals surface area contributed by atoms with Crippen LogP contribution in [-0.4, -0.2) is 21.8 Å². The summed E-state index contributed by atoms with van der Waals surface area (Å²) in [6.45, 7) is 6.01. The van der Waals surface area contributed by atoms with Crippen molar-refractivity contribution in [3.63, 3.8) is 0 Å². The van der Waals surface area contributed by atoms with Crippen LogP contribution < -0.4 is 10.6 Å². The van der Waals surface area contributed by atoms with Crippen LogP contribution in [-0.2, 0) is 17.1 Å². The van der Waals surface area contributed by atoms with Crippen LogP contribution in [0.25, 0.3) is 0 Å². The molecule has 154 valence electrons. The van der Waals surface area contributed by atoms with E-state index in [0.717, 1.165) is 10.4 Å². The van der Waals surface area contributed by atoms with Crippen LogP contribution in [0, 0.1) is 0 Å². The van der Waals surface area contributed by atoms with E-state index in [1.807, 2.05) is 55.6 Å². The Bertz CT molecular complexity index is 856. The molecule has 0 spiro atoms. The Morgan fingerprint density at radius 2 is 1.86 bits per heavy atom.